The van der Waals surface area contributed by atoms with Gasteiger partial charge < -0.3 is 11.1 Å². The van der Waals surface area contributed by atoms with E-state index in [-0.39, 0.29) is 11.9 Å². The summed E-state index contributed by atoms with van der Waals surface area (Å²) in [4.78, 5) is 11.8. The van der Waals surface area contributed by atoms with Gasteiger partial charge in [0.25, 0.3) is 5.91 Å². The molecule has 0 heterocycles. The Morgan fingerprint density at radius 2 is 2.25 bits per heavy atom. The van der Waals surface area contributed by atoms with Crippen molar-refractivity contribution in [3.8, 4) is 0 Å². The standard InChI is InChI=1S/C12H17ClN2O/c1-3-10(14)7-15-12(16)11-5-4-9(13)6-8(11)2/h4-6,10H,3,7,14H2,1-2H3,(H,15,16). The molecule has 1 aromatic carbocycles. The highest BCUT2D eigenvalue weighted by atomic mass is 35.5. The lowest BCUT2D eigenvalue weighted by molar-refractivity contribution is 0.0950. The van der Waals surface area contributed by atoms with Crippen LogP contribution in [-0.4, -0.2) is 18.5 Å². The molecule has 3 nitrogen and oxygen atoms in total. The third-order valence-corrected chi connectivity index (χ3v) is 2.72. The Morgan fingerprint density at radius 1 is 1.56 bits per heavy atom. The monoisotopic (exact) mass is 240 g/mol. The predicted octanol–water partition coefficient (Wildman–Crippen LogP) is 2.12. The summed E-state index contributed by atoms with van der Waals surface area (Å²) in [6.45, 7) is 4.35. The molecule has 1 rings (SSSR count). The molecule has 4 heteroatoms. The average molecular weight is 241 g/mol. The molecule has 0 saturated heterocycles. The van der Waals surface area contributed by atoms with E-state index in [0.29, 0.717) is 17.1 Å². The van der Waals surface area contributed by atoms with Crippen LogP contribution in [0.1, 0.15) is 29.3 Å². The van der Waals surface area contributed by atoms with Gasteiger partial charge in [-0.3, -0.25) is 4.79 Å². The molecule has 0 radical (unpaired) electrons. The topological polar surface area (TPSA) is 55.1 Å². The van der Waals surface area contributed by atoms with Gasteiger partial charge in [0, 0.05) is 23.2 Å². The number of hydrogen-bond acceptors (Lipinski definition) is 2. The van der Waals surface area contributed by atoms with E-state index in [4.69, 9.17) is 17.3 Å². The molecule has 0 aliphatic rings. The van der Waals surface area contributed by atoms with Gasteiger partial charge in [-0.05, 0) is 37.1 Å². The van der Waals surface area contributed by atoms with Crippen LogP contribution in [-0.2, 0) is 0 Å². The SMILES string of the molecule is CCC(N)CNC(=O)c1ccc(Cl)cc1C. The lowest BCUT2D eigenvalue weighted by Gasteiger charge is -2.11. The Labute approximate surface area is 101 Å². The summed E-state index contributed by atoms with van der Waals surface area (Å²) in [5, 5.41) is 3.44. The molecule has 0 spiro atoms. The number of halogens is 1. The molecule has 0 aliphatic carbocycles. The second-order valence-corrected chi connectivity index (χ2v) is 4.27. The number of nitrogens with one attached hydrogen (secondary N) is 1. The number of carbonyl (C=O) groups is 1. The van der Waals surface area contributed by atoms with Gasteiger partial charge in [0.2, 0.25) is 0 Å². The Kier molecular flexibility index (Phi) is 4.77. The van der Waals surface area contributed by atoms with Crippen LogP contribution in [0.2, 0.25) is 5.02 Å². The molecule has 0 saturated carbocycles. The van der Waals surface area contributed by atoms with Crippen LogP contribution >= 0.6 is 11.6 Å². The number of carbonyl (C=O) groups excluding carboxylic acids is 1. The van der Waals surface area contributed by atoms with Crippen molar-refractivity contribution in [1.82, 2.24) is 5.32 Å². The van der Waals surface area contributed by atoms with Gasteiger partial charge in [0.1, 0.15) is 0 Å². The fraction of sp³-hybridized carbons (Fsp3) is 0.417. The van der Waals surface area contributed by atoms with Crippen LogP contribution < -0.4 is 11.1 Å². The van der Waals surface area contributed by atoms with Crippen LogP contribution in [0, 0.1) is 6.92 Å². The molecule has 88 valence electrons. The van der Waals surface area contributed by atoms with E-state index in [9.17, 15) is 4.79 Å². The molecule has 1 aromatic rings. The summed E-state index contributed by atoms with van der Waals surface area (Å²) in [7, 11) is 0. The van der Waals surface area contributed by atoms with Crippen molar-refractivity contribution in [2.24, 2.45) is 5.73 Å². The second kappa shape index (κ2) is 5.87. The van der Waals surface area contributed by atoms with E-state index >= 15 is 0 Å². The summed E-state index contributed by atoms with van der Waals surface area (Å²) >= 11 is 5.82. The van der Waals surface area contributed by atoms with Crippen molar-refractivity contribution < 1.29 is 4.79 Å². The highest BCUT2D eigenvalue weighted by molar-refractivity contribution is 6.30. The summed E-state index contributed by atoms with van der Waals surface area (Å²) in [6.07, 6.45) is 0.847. The number of hydrogen-bond donors (Lipinski definition) is 2. The summed E-state index contributed by atoms with van der Waals surface area (Å²) in [5.41, 5.74) is 7.24. The normalized spacial score (nSPS) is 12.2. The lowest BCUT2D eigenvalue weighted by atomic mass is 10.1. The van der Waals surface area contributed by atoms with Crippen LogP contribution in [0.4, 0.5) is 0 Å². The van der Waals surface area contributed by atoms with Gasteiger partial charge in [0.05, 0.1) is 0 Å². The fourth-order valence-electron chi connectivity index (χ4n) is 1.35. The van der Waals surface area contributed by atoms with E-state index in [1.54, 1.807) is 18.2 Å². The second-order valence-electron chi connectivity index (χ2n) is 3.84. The number of rotatable bonds is 4. The Morgan fingerprint density at radius 3 is 2.81 bits per heavy atom. The van der Waals surface area contributed by atoms with Crippen molar-refractivity contribution in [3.63, 3.8) is 0 Å². The zero-order valence-corrected chi connectivity index (χ0v) is 10.3. The zero-order chi connectivity index (χ0) is 12.1. The summed E-state index contributed by atoms with van der Waals surface area (Å²) in [6, 6.07) is 5.22. The molecule has 1 amide bonds. The molecular formula is C12H17ClN2O. The fourth-order valence-corrected chi connectivity index (χ4v) is 1.57. The molecule has 0 fully saturated rings. The van der Waals surface area contributed by atoms with Gasteiger partial charge in [-0.15, -0.1) is 0 Å². The maximum absolute atomic E-state index is 11.8. The zero-order valence-electron chi connectivity index (χ0n) is 9.59. The smallest absolute Gasteiger partial charge is 0.251 e. The minimum Gasteiger partial charge on any atom is -0.350 e. The van der Waals surface area contributed by atoms with Crippen molar-refractivity contribution in [2.45, 2.75) is 26.3 Å². The quantitative estimate of drug-likeness (QED) is 0.847. The Balaban J connectivity index is 2.66. The van der Waals surface area contributed by atoms with Gasteiger partial charge in [-0.2, -0.15) is 0 Å². The molecule has 0 aromatic heterocycles. The van der Waals surface area contributed by atoms with Crippen molar-refractivity contribution in [3.05, 3.63) is 34.3 Å². The first kappa shape index (κ1) is 13.0. The Bertz CT molecular complexity index is 379. The minimum absolute atomic E-state index is 0.0107. The van der Waals surface area contributed by atoms with Gasteiger partial charge in [-0.1, -0.05) is 18.5 Å². The molecule has 3 N–H and O–H groups in total. The number of amides is 1. The summed E-state index contributed by atoms with van der Waals surface area (Å²) < 4.78 is 0. The maximum atomic E-state index is 11.8. The van der Waals surface area contributed by atoms with Gasteiger partial charge in [-0.25, -0.2) is 0 Å². The van der Waals surface area contributed by atoms with Crippen LogP contribution in [0.15, 0.2) is 18.2 Å². The van der Waals surface area contributed by atoms with Gasteiger partial charge in [0.15, 0.2) is 0 Å². The maximum Gasteiger partial charge on any atom is 0.251 e. The number of nitrogens with two attached hydrogens (primary N) is 1. The average Bonchev–Trinajstić information content (AvgIpc) is 2.25. The third-order valence-electron chi connectivity index (χ3n) is 2.48. The first-order valence-corrected chi connectivity index (χ1v) is 5.72. The first-order chi connectivity index (χ1) is 7.54. The molecule has 1 atom stereocenters. The highest BCUT2D eigenvalue weighted by Gasteiger charge is 2.09. The molecule has 1 unspecified atom stereocenters. The molecule has 16 heavy (non-hydrogen) atoms. The largest absolute Gasteiger partial charge is 0.350 e. The van der Waals surface area contributed by atoms with Gasteiger partial charge >= 0.3 is 0 Å². The third kappa shape index (κ3) is 3.51. The van der Waals surface area contributed by atoms with Crippen LogP contribution in [0.25, 0.3) is 0 Å². The highest BCUT2D eigenvalue weighted by Crippen LogP contribution is 2.14. The van der Waals surface area contributed by atoms with E-state index in [1.165, 1.54) is 0 Å². The molecule has 0 bridgehead atoms. The first-order valence-electron chi connectivity index (χ1n) is 5.34. The summed E-state index contributed by atoms with van der Waals surface area (Å²) in [5.74, 6) is -0.0990. The van der Waals surface area contributed by atoms with Crippen molar-refractivity contribution >= 4 is 17.5 Å². The van der Waals surface area contributed by atoms with E-state index in [1.807, 2.05) is 13.8 Å². The van der Waals surface area contributed by atoms with E-state index in [2.05, 4.69) is 5.32 Å². The predicted molar refractivity (Wildman–Crippen MR) is 66.8 cm³/mol. The van der Waals surface area contributed by atoms with Crippen molar-refractivity contribution in [1.29, 1.82) is 0 Å². The molecule has 0 aliphatic heterocycles. The lowest BCUT2D eigenvalue weighted by Crippen LogP contribution is -2.36. The molecular weight excluding hydrogens is 224 g/mol. The minimum atomic E-state index is -0.0990. The van der Waals surface area contributed by atoms with E-state index < -0.39 is 0 Å². The number of benzene rings is 1. The number of aryl methyl sites for hydroxylation is 1. The van der Waals surface area contributed by atoms with Crippen molar-refractivity contribution in [2.75, 3.05) is 6.54 Å². The van der Waals surface area contributed by atoms with Crippen LogP contribution in [0.5, 0.6) is 0 Å². The van der Waals surface area contributed by atoms with E-state index in [0.717, 1.165) is 12.0 Å². The Hall–Kier alpha value is -1.06. The van der Waals surface area contributed by atoms with Crippen LogP contribution in [0.3, 0.4) is 0 Å².